The molecule has 0 amide bonds. The Morgan fingerprint density at radius 3 is 2.23 bits per heavy atom. The predicted molar refractivity (Wildman–Crippen MR) is 57.7 cm³/mol. The summed E-state index contributed by atoms with van der Waals surface area (Å²) in [5.41, 5.74) is 3.30. The van der Waals surface area contributed by atoms with Crippen molar-refractivity contribution < 1.29 is 9.47 Å². The molecule has 0 spiro atoms. The highest BCUT2D eigenvalue weighted by Gasteiger charge is 2.02. The number of hydrogen-bond acceptors (Lipinski definition) is 4. The van der Waals surface area contributed by atoms with Crippen LogP contribution in [0.5, 0.6) is 11.5 Å². The first-order valence-electron chi connectivity index (χ1n) is 3.50. The van der Waals surface area contributed by atoms with Gasteiger partial charge in [-0.25, -0.2) is 0 Å². The number of nitrogen functional groups attached to an aromatic ring is 1. The Bertz CT molecular complexity index is 268. The molecule has 1 aromatic rings. The first-order valence-corrected chi connectivity index (χ1v) is 3.50. The number of methoxy groups -OCH3 is 2. The average molecular weight is 249 g/mol. The minimum absolute atomic E-state index is 0. The average Bonchev–Trinajstić information content (AvgIpc) is 2.16. The molecule has 0 aliphatic carbocycles. The highest BCUT2D eigenvalue weighted by molar-refractivity contribution is 8.93. The van der Waals surface area contributed by atoms with Crippen molar-refractivity contribution in [3.8, 4) is 11.5 Å². The first-order chi connectivity index (χ1) is 5.81. The Balaban J connectivity index is 0.00000144. The lowest BCUT2D eigenvalue weighted by Gasteiger charge is -2.08. The van der Waals surface area contributed by atoms with E-state index in [9.17, 15) is 0 Å². The molecule has 1 aromatic carbocycles. The number of ether oxygens (including phenoxy) is 2. The Hall–Kier alpha value is -0.940. The van der Waals surface area contributed by atoms with Gasteiger partial charge in [0, 0.05) is 6.07 Å². The van der Waals surface area contributed by atoms with Crippen LogP contribution in [0.2, 0.25) is 0 Å². The zero-order chi connectivity index (χ0) is 8.97. The quantitative estimate of drug-likeness (QED) is 0.630. The lowest BCUT2D eigenvalue weighted by molar-refractivity contribution is 0.355. The summed E-state index contributed by atoms with van der Waals surface area (Å²) < 4.78 is 10.1. The molecular weight excluding hydrogens is 236 g/mol. The van der Waals surface area contributed by atoms with E-state index in [0.29, 0.717) is 11.5 Å². The monoisotopic (exact) mass is 248 g/mol. The third-order valence-corrected chi connectivity index (χ3v) is 1.55. The summed E-state index contributed by atoms with van der Waals surface area (Å²) in [6.07, 6.45) is 0. The standard InChI is InChI=1S/C8H12N2O2.BrH/c1-11-7-4-3-6(10-9)5-8(7)12-2;/h3-5,10H,9H2,1-2H3;1H. The summed E-state index contributed by atoms with van der Waals surface area (Å²) >= 11 is 0. The van der Waals surface area contributed by atoms with E-state index in [1.54, 1.807) is 32.4 Å². The van der Waals surface area contributed by atoms with Gasteiger partial charge in [-0.05, 0) is 12.1 Å². The number of benzene rings is 1. The van der Waals surface area contributed by atoms with Gasteiger partial charge < -0.3 is 14.9 Å². The van der Waals surface area contributed by atoms with E-state index in [2.05, 4.69) is 5.43 Å². The van der Waals surface area contributed by atoms with Gasteiger partial charge in [-0.2, -0.15) is 0 Å². The molecule has 0 saturated carbocycles. The molecule has 13 heavy (non-hydrogen) atoms. The molecule has 74 valence electrons. The summed E-state index contributed by atoms with van der Waals surface area (Å²) in [7, 11) is 3.17. The summed E-state index contributed by atoms with van der Waals surface area (Å²) in [5, 5.41) is 0. The molecule has 3 N–H and O–H groups in total. The topological polar surface area (TPSA) is 56.5 Å². The minimum Gasteiger partial charge on any atom is -0.493 e. The van der Waals surface area contributed by atoms with Crippen molar-refractivity contribution in [3.63, 3.8) is 0 Å². The number of nitrogens with two attached hydrogens (primary N) is 1. The van der Waals surface area contributed by atoms with Gasteiger partial charge in [0.2, 0.25) is 0 Å². The van der Waals surface area contributed by atoms with Crippen LogP contribution in [0.25, 0.3) is 0 Å². The molecule has 0 aliphatic heterocycles. The van der Waals surface area contributed by atoms with E-state index in [1.807, 2.05) is 0 Å². The van der Waals surface area contributed by atoms with Gasteiger partial charge in [0.05, 0.1) is 19.9 Å². The normalized spacial score (nSPS) is 8.54. The van der Waals surface area contributed by atoms with Crippen LogP contribution >= 0.6 is 17.0 Å². The molecule has 0 aliphatic rings. The van der Waals surface area contributed by atoms with Crippen molar-refractivity contribution in [2.75, 3.05) is 19.6 Å². The lowest BCUT2D eigenvalue weighted by atomic mass is 10.3. The second-order valence-corrected chi connectivity index (χ2v) is 2.21. The van der Waals surface area contributed by atoms with E-state index in [1.165, 1.54) is 0 Å². The number of hydrogen-bond donors (Lipinski definition) is 2. The van der Waals surface area contributed by atoms with Crippen LogP contribution in [-0.4, -0.2) is 14.2 Å². The molecule has 0 aromatic heterocycles. The van der Waals surface area contributed by atoms with Crippen molar-refractivity contribution in [2.45, 2.75) is 0 Å². The zero-order valence-corrected chi connectivity index (χ0v) is 9.25. The summed E-state index contributed by atoms with van der Waals surface area (Å²) in [6, 6.07) is 5.36. The summed E-state index contributed by atoms with van der Waals surface area (Å²) in [5.74, 6) is 6.57. The second kappa shape index (κ2) is 5.66. The molecule has 0 bridgehead atoms. The molecule has 0 unspecified atom stereocenters. The third kappa shape index (κ3) is 2.78. The molecule has 0 fully saturated rings. The Morgan fingerprint density at radius 2 is 1.77 bits per heavy atom. The Morgan fingerprint density at radius 1 is 1.15 bits per heavy atom. The Labute approximate surface area is 87.8 Å². The zero-order valence-electron chi connectivity index (χ0n) is 7.53. The van der Waals surface area contributed by atoms with Crippen molar-refractivity contribution in [3.05, 3.63) is 18.2 Å². The fourth-order valence-corrected chi connectivity index (χ4v) is 0.926. The van der Waals surface area contributed by atoms with Gasteiger partial charge in [-0.3, -0.25) is 5.84 Å². The molecule has 0 saturated heterocycles. The SMILES string of the molecule is Br.COc1ccc(NN)cc1OC. The number of anilines is 1. The fourth-order valence-electron chi connectivity index (χ4n) is 0.926. The second-order valence-electron chi connectivity index (χ2n) is 2.21. The van der Waals surface area contributed by atoms with Gasteiger partial charge in [0.1, 0.15) is 0 Å². The number of hydrazine groups is 1. The first kappa shape index (κ1) is 12.1. The van der Waals surface area contributed by atoms with Gasteiger partial charge in [0.25, 0.3) is 0 Å². The van der Waals surface area contributed by atoms with Crippen LogP contribution in [-0.2, 0) is 0 Å². The third-order valence-electron chi connectivity index (χ3n) is 1.55. The van der Waals surface area contributed by atoms with E-state index in [-0.39, 0.29) is 17.0 Å². The molecule has 4 nitrogen and oxygen atoms in total. The van der Waals surface area contributed by atoms with Crippen LogP contribution in [0, 0.1) is 0 Å². The highest BCUT2D eigenvalue weighted by Crippen LogP contribution is 2.29. The van der Waals surface area contributed by atoms with Gasteiger partial charge in [-0.1, -0.05) is 0 Å². The molecule has 0 heterocycles. The van der Waals surface area contributed by atoms with E-state index in [0.717, 1.165) is 5.69 Å². The smallest absolute Gasteiger partial charge is 0.162 e. The van der Waals surface area contributed by atoms with Gasteiger partial charge in [-0.15, -0.1) is 17.0 Å². The van der Waals surface area contributed by atoms with Crippen molar-refractivity contribution in [1.82, 2.24) is 0 Å². The fraction of sp³-hybridized carbons (Fsp3) is 0.250. The molecule has 5 heteroatoms. The summed E-state index contributed by atoms with van der Waals surface area (Å²) in [4.78, 5) is 0. The molecule has 1 rings (SSSR count). The van der Waals surface area contributed by atoms with E-state index < -0.39 is 0 Å². The molecule has 0 atom stereocenters. The van der Waals surface area contributed by atoms with Crippen molar-refractivity contribution >= 4 is 22.7 Å². The number of rotatable bonds is 3. The summed E-state index contributed by atoms with van der Waals surface area (Å²) in [6.45, 7) is 0. The largest absolute Gasteiger partial charge is 0.493 e. The van der Waals surface area contributed by atoms with Crippen LogP contribution in [0.4, 0.5) is 5.69 Å². The van der Waals surface area contributed by atoms with Crippen molar-refractivity contribution in [1.29, 1.82) is 0 Å². The maximum Gasteiger partial charge on any atom is 0.162 e. The van der Waals surface area contributed by atoms with Crippen LogP contribution in [0.1, 0.15) is 0 Å². The lowest BCUT2D eigenvalue weighted by Crippen LogP contribution is -2.06. The van der Waals surface area contributed by atoms with Gasteiger partial charge in [0.15, 0.2) is 11.5 Å². The van der Waals surface area contributed by atoms with Gasteiger partial charge >= 0.3 is 0 Å². The van der Waals surface area contributed by atoms with Crippen LogP contribution in [0.3, 0.4) is 0 Å². The van der Waals surface area contributed by atoms with E-state index >= 15 is 0 Å². The van der Waals surface area contributed by atoms with Crippen LogP contribution in [0.15, 0.2) is 18.2 Å². The maximum absolute atomic E-state index is 5.22. The van der Waals surface area contributed by atoms with Crippen molar-refractivity contribution in [2.24, 2.45) is 5.84 Å². The van der Waals surface area contributed by atoms with E-state index in [4.69, 9.17) is 15.3 Å². The molecule has 0 radical (unpaired) electrons. The maximum atomic E-state index is 5.22. The van der Waals surface area contributed by atoms with Crippen LogP contribution < -0.4 is 20.7 Å². The number of nitrogens with one attached hydrogen (secondary N) is 1. The Kier molecular flexibility index (Phi) is 5.25. The minimum atomic E-state index is 0. The highest BCUT2D eigenvalue weighted by atomic mass is 79.9. The molecular formula is C8H13BrN2O2. The number of halogens is 1. The predicted octanol–water partition coefficient (Wildman–Crippen LogP) is 1.57.